The van der Waals surface area contributed by atoms with Gasteiger partial charge >= 0.3 is 0 Å². The highest BCUT2D eigenvalue weighted by Gasteiger charge is 2.30. The minimum absolute atomic E-state index is 0.0914. The van der Waals surface area contributed by atoms with Crippen LogP contribution in [0.2, 0.25) is 5.02 Å². The third-order valence-electron chi connectivity index (χ3n) is 3.57. The van der Waals surface area contributed by atoms with E-state index in [9.17, 15) is 19.7 Å². The van der Waals surface area contributed by atoms with E-state index >= 15 is 0 Å². The first-order valence-electron chi connectivity index (χ1n) is 7.21. The van der Waals surface area contributed by atoms with Crippen molar-refractivity contribution in [1.82, 2.24) is 5.32 Å². The van der Waals surface area contributed by atoms with Crippen LogP contribution in [0.1, 0.15) is 11.6 Å². The average Bonchev–Trinajstić information content (AvgIpc) is 2.75. The van der Waals surface area contributed by atoms with Crippen LogP contribution < -0.4 is 15.4 Å². The monoisotopic (exact) mass is 361 g/mol. The Morgan fingerprint density at radius 3 is 2.68 bits per heavy atom. The summed E-state index contributed by atoms with van der Waals surface area (Å²) in [6.07, 6.45) is 0. The number of carbonyl (C=O) groups excluding carboxylic acids is 2. The number of benzene rings is 2. The number of para-hydroxylation sites is 1. The van der Waals surface area contributed by atoms with Crippen molar-refractivity contribution in [2.75, 3.05) is 11.9 Å². The summed E-state index contributed by atoms with van der Waals surface area (Å²) in [5.41, 5.74) is 0.697. The fourth-order valence-electron chi connectivity index (χ4n) is 2.41. The Kier molecular flexibility index (Phi) is 4.53. The fraction of sp³-hybridized carbons (Fsp3) is 0.125. The Morgan fingerprint density at radius 2 is 2.00 bits per heavy atom. The van der Waals surface area contributed by atoms with Crippen LogP contribution in [0.3, 0.4) is 0 Å². The summed E-state index contributed by atoms with van der Waals surface area (Å²) in [5, 5.41) is 16.1. The number of anilines is 1. The SMILES string of the molecule is O=C1COc2c(Cl)cccc2C(C(=O)Nc2ccc([N+](=O)[O-])cc2)N1. The molecule has 0 saturated carbocycles. The molecule has 9 heteroatoms. The van der Waals surface area contributed by atoms with Gasteiger partial charge in [-0.15, -0.1) is 0 Å². The van der Waals surface area contributed by atoms with Crippen molar-refractivity contribution in [2.45, 2.75) is 6.04 Å². The molecule has 2 aromatic rings. The molecule has 0 bridgehead atoms. The van der Waals surface area contributed by atoms with Crippen molar-refractivity contribution in [1.29, 1.82) is 0 Å². The van der Waals surface area contributed by atoms with Gasteiger partial charge in [0, 0.05) is 23.4 Å². The van der Waals surface area contributed by atoms with Crippen molar-refractivity contribution in [2.24, 2.45) is 0 Å². The minimum atomic E-state index is -1.00. The molecule has 0 aliphatic carbocycles. The smallest absolute Gasteiger partial charge is 0.269 e. The molecule has 1 aliphatic rings. The number of nitrogens with zero attached hydrogens (tertiary/aromatic N) is 1. The van der Waals surface area contributed by atoms with E-state index in [1.807, 2.05) is 0 Å². The molecule has 3 rings (SSSR count). The number of nitrogens with one attached hydrogen (secondary N) is 2. The number of nitro groups is 1. The van der Waals surface area contributed by atoms with E-state index in [1.165, 1.54) is 24.3 Å². The summed E-state index contributed by atoms with van der Waals surface area (Å²) < 4.78 is 5.37. The standard InChI is InChI=1S/C16H12ClN3O5/c17-12-3-1-2-11-14(19-13(21)8-25-15(11)12)16(22)18-9-4-6-10(7-5-9)20(23)24/h1-7,14H,8H2,(H,18,22)(H,19,21). The minimum Gasteiger partial charge on any atom is -0.482 e. The van der Waals surface area contributed by atoms with Crippen LogP contribution in [0.25, 0.3) is 0 Å². The van der Waals surface area contributed by atoms with Crippen LogP contribution in [-0.4, -0.2) is 23.3 Å². The van der Waals surface area contributed by atoms with Crippen molar-refractivity contribution in [3.63, 3.8) is 0 Å². The van der Waals surface area contributed by atoms with Crippen LogP contribution in [0.5, 0.6) is 5.75 Å². The molecule has 2 amide bonds. The second-order valence-corrected chi connectivity index (χ2v) is 5.65. The lowest BCUT2D eigenvalue weighted by atomic mass is 10.0. The number of fused-ring (bicyclic) bond motifs is 1. The van der Waals surface area contributed by atoms with Gasteiger partial charge < -0.3 is 15.4 Å². The van der Waals surface area contributed by atoms with Gasteiger partial charge in [0.2, 0.25) is 0 Å². The molecule has 0 fully saturated rings. The van der Waals surface area contributed by atoms with Crippen molar-refractivity contribution in [3.05, 3.63) is 63.2 Å². The van der Waals surface area contributed by atoms with E-state index in [0.29, 0.717) is 16.3 Å². The average molecular weight is 362 g/mol. The molecule has 1 heterocycles. The van der Waals surface area contributed by atoms with Crippen LogP contribution in [-0.2, 0) is 9.59 Å². The summed E-state index contributed by atoms with van der Waals surface area (Å²) >= 11 is 6.08. The first-order valence-corrected chi connectivity index (χ1v) is 7.59. The van der Waals surface area contributed by atoms with Gasteiger partial charge in [-0.2, -0.15) is 0 Å². The van der Waals surface area contributed by atoms with Crippen molar-refractivity contribution in [3.8, 4) is 5.75 Å². The molecule has 2 N–H and O–H groups in total. The Labute approximate surface area is 146 Å². The lowest BCUT2D eigenvalue weighted by Gasteiger charge is -2.17. The van der Waals surface area contributed by atoms with Crippen molar-refractivity contribution >= 4 is 34.8 Å². The van der Waals surface area contributed by atoms with Crippen molar-refractivity contribution < 1.29 is 19.2 Å². The van der Waals surface area contributed by atoms with Crippen LogP contribution in [0, 0.1) is 10.1 Å². The summed E-state index contributed by atoms with van der Waals surface area (Å²) in [6, 6.07) is 9.24. The summed E-state index contributed by atoms with van der Waals surface area (Å²) in [7, 11) is 0. The van der Waals surface area contributed by atoms with Gasteiger partial charge in [-0.3, -0.25) is 19.7 Å². The quantitative estimate of drug-likeness (QED) is 0.644. The number of hydrogen-bond donors (Lipinski definition) is 2. The van der Waals surface area contributed by atoms with Gasteiger partial charge in [-0.05, 0) is 18.2 Å². The topological polar surface area (TPSA) is 111 Å². The number of carbonyl (C=O) groups is 2. The predicted octanol–water partition coefficient (Wildman–Crippen LogP) is 2.44. The second-order valence-electron chi connectivity index (χ2n) is 5.24. The molecule has 0 aromatic heterocycles. The lowest BCUT2D eigenvalue weighted by molar-refractivity contribution is -0.384. The normalized spacial score (nSPS) is 16.0. The zero-order valence-electron chi connectivity index (χ0n) is 12.7. The van der Waals surface area contributed by atoms with E-state index < -0.39 is 22.8 Å². The van der Waals surface area contributed by atoms with E-state index in [2.05, 4.69) is 10.6 Å². The number of hydrogen-bond acceptors (Lipinski definition) is 5. The number of rotatable bonds is 3. The van der Waals surface area contributed by atoms with Gasteiger partial charge in [0.1, 0.15) is 11.8 Å². The number of ether oxygens (including phenoxy) is 1. The highest BCUT2D eigenvalue weighted by Crippen LogP contribution is 2.34. The van der Waals surface area contributed by atoms with Crippen LogP contribution in [0.4, 0.5) is 11.4 Å². The number of non-ortho nitro benzene ring substituents is 1. The number of halogens is 1. The zero-order chi connectivity index (χ0) is 18.0. The summed E-state index contributed by atoms with van der Waals surface area (Å²) in [4.78, 5) is 34.6. The third kappa shape index (κ3) is 3.53. The Balaban J connectivity index is 1.87. The predicted molar refractivity (Wildman–Crippen MR) is 89.6 cm³/mol. The van der Waals surface area contributed by atoms with Gasteiger partial charge in [0.15, 0.2) is 6.61 Å². The first kappa shape index (κ1) is 16.7. The molecule has 25 heavy (non-hydrogen) atoms. The van der Waals surface area contributed by atoms with E-state index in [1.54, 1.807) is 18.2 Å². The van der Waals surface area contributed by atoms with E-state index in [0.717, 1.165) is 0 Å². The maximum absolute atomic E-state index is 12.6. The molecule has 128 valence electrons. The van der Waals surface area contributed by atoms with Gasteiger partial charge in [0.25, 0.3) is 17.5 Å². The summed E-state index contributed by atoms with van der Waals surface area (Å²) in [5.74, 6) is -0.710. The Morgan fingerprint density at radius 1 is 1.28 bits per heavy atom. The van der Waals surface area contributed by atoms with E-state index in [-0.39, 0.29) is 18.0 Å². The highest BCUT2D eigenvalue weighted by molar-refractivity contribution is 6.32. The molecule has 0 radical (unpaired) electrons. The fourth-order valence-corrected chi connectivity index (χ4v) is 2.65. The molecule has 1 unspecified atom stereocenters. The largest absolute Gasteiger partial charge is 0.482 e. The van der Waals surface area contributed by atoms with Crippen LogP contribution in [0.15, 0.2) is 42.5 Å². The molecule has 0 saturated heterocycles. The number of amides is 2. The molecular formula is C16H12ClN3O5. The van der Waals surface area contributed by atoms with E-state index in [4.69, 9.17) is 16.3 Å². The zero-order valence-corrected chi connectivity index (χ0v) is 13.4. The molecule has 8 nitrogen and oxygen atoms in total. The van der Waals surface area contributed by atoms with Gasteiger partial charge in [-0.1, -0.05) is 23.7 Å². The maximum atomic E-state index is 12.6. The third-order valence-corrected chi connectivity index (χ3v) is 3.87. The summed E-state index contributed by atoms with van der Waals surface area (Å²) in [6.45, 7) is -0.252. The number of nitro benzene ring substituents is 1. The Hall–Kier alpha value is -3.13. The van der Waals surface area contributed by atoms with Gasteiger partial charge in [-0.25, -0.2) is 0 Å². The molecule has 1 aliphatic heterocycles. The molecule has 1 atom stereocenters. The molecule has 2 aromatic carbocycles. The Bertz CT molecular complexity index is 853. The molecular weight excluding hydrogens is 350 g/mol. The lowest BCUT2D eigenvalue weighted by Crippen LogP contribution is -2.37. The second kappa shape index (κ2) is 6.78. The highest BCUT2D eigenvalue weighted by atomic mass is 35.5. The van der Waals surface area contributed by atoms with Crippen LogP contribution >= 0.6 is 11.6 Å². The molecule has 0 spiro atoms. The van der Waals surface area contributed by atoms with Gasteiger partial charge in [0.05, 0.1) is 9.95 Å². The maximum Gasteiger partial charge on any atom is 0.269 e. The first-order chi connectivity index (χ1) is 12.0.